The van der Waals surface area contributed by atoms with Crippen LogP contribution in [-0.4, -0.2) is 4.92 Å². The van der Waals surface area contributed by atoms with E-state index in [1.54, 1.807) is 0 Å². The molecular formula is C11H6BrClFNO3. The van der Waals surface area contributed by atoms with Gasteiger partial charge in [-0.15, -0.1) is 11.6 Å². The van der Waals surface area contributed by atoms with Crippen LogP contribution in [0.3, 0.4) is 0 Å². The third-order valence-corrected chi connectivity index (χ3v) is 3.35. The van der Waals surface area contributed by atoms with Crippen LogP contribution in [0.1, 0.15) is 16.7 Å². The predicted octanol–water partition coefficient (Wildman–Crippen LogP) is 4.42. The zero-order chi connectivity index (χ0) is 13.3. The van der Waals surface area contributed by atoms with Crippen molar-refractivity contribution < 1.29 is 13.7 Å². The molecular weight excluding hydrogens is 328 g/mol. The van der Waals surface area contributed by atoms with Gasteiger partial charge in [0.15, 0.2) is 0 Å². The van der Waals surface area contributed by atoms with Gasteiger partial charge in [0.2, 0.25) is 0 Å². The van der Waals surface area contributed by atoms with Gasteiger partial charge in [-0.2, -0.15) is 0 Å². The molecule has 0 N–H and O–H groups in total. The normalized spacial score (nSPS) is 12.4. The van der Waals surface area contributed by atoms with Crippen LogP contribution >= 0.6 is 27.5 Å². The number of nitrogens with zero attached hydrogens (tertiary/aromatic N) is 1. The summed E-state index contributed by atoms with van der Waals surface area (Å²) in [7, 11) is 0. The summed E-state index contributed by atoms with van der Waals surface area (Å²) in [6.45, 7) is 0. The van der Waals surface area contributed by atoms with E-state index in [2.05, 4.69) is 15.9 Å². The topological polar surface area (TPSA) is 56.3 Å². The third-order valence-electron chi connectivity index (χ3n) is 2.28. The van der Waals surface area contributed by atoms with Gasteiger partial charge >= 0.3 is 5.88 Å². The highest BCUT2D eigenvalue weighted by Crippen LogP contribution is 2.33. The van der Waals surface area contributed by atoms with Crippen molar-refractivity contribution in [2.45, 2.75) is 5.38 Å². The first-order chi connectivity index (χ1) is 8.49. The number of hydrogen-bond acceptors (Lipinski definition) is 3. The lowest BCUT2D eigenvalue weighted by molar-refractivity contribution is -0.402. The molecule has 18 heavy (non-hydrogen) atoms. The lowest BCUT2D eigenvalue weighted by Crippen LogP contribution is -1.92. The average Bonchev–Trinajstić information content (AvgIpc) is 2.81. The standard InChI is InChI=1S/C11H6BrClFNO3/c12-7-5-6(1-2-8(7)14)11(13)9-3-4-10(18-9)15(16)17/h1-5,11H. The highest BCUT2D eigenvalue weighted by molar-refractivity contribution is 9.10. The molecule has 94 valence electrons. The molecule has 1 aromatic carbocycles. The smallest absolute Gasteiger partial charge is 0.404 e. The molecule has 1 aromatic heterocycles. The zero-order valence-electron chi connectivity index (χ0n) is 8.77. The van der Waals surface area contributed by atoms with Gasteiger partial charge in [-0.05, 0) is 39.7 Å². The fourth-order valence-corrected chi connectivity index (χ4v) is 2.06. The molecule has 7 heteroatoms. The Morgan fingerprint density at radius 2 is 2.11 bits per heavy atom. The second-order valence-electron chi connectivity index (χ2n) is 3.47. The maximum atomic E-state index is 13.1. The molecule has 0 aliphatic heterocycles. The summed E-state index contributed by atoms with van der Waals surface area (Å²) in [4.78, 5) is 9.84. The Morgan fingerprint density at radius 3 is 2.67 bits per heavy atom. The van der Waals surface area contributed by atoms with Gasteiger partial charge in [0.1, 0.15) is 21.9 Å². The Kier molecular flexibility index (Phi) is 3.68. The Morgan fingerprint density at radius 1 is 1.39 bits per heavy atom. The first-order valence-electron chi connectivity index (χ1n) is 4.82. The number of furan rings is 1. The molecule has 0 aliphatic carbocycles. The molecule has 2 aromatic rings. The van der Waals surface area contributed by atoms with E-state index in [0.717, 1.165) is 0 Å². The van der Waals surface area contributed by atoms with E-state index in [9.17, 15) is 14.5 Å². The second kappa shape index (κ2) is 5.07. The fraction of sp³-hybridized carbons (Fsp3) is 0.0909. The molecule has 0 fully saturated rings. The van der Waals surface area contributed by atoms with Crippen molar-refractivity contribution in [2.75, 3.05) is 0 Å². The summed E-state index contributed by atoms with van der Waals surface area (Å²) in [6.07, 6.45) is 0. The van der Waals surface area contributed by atoms with Crippen molar-refractivity contribution in [2.24, 2.45) is 0 Å². The SMILES string of the molecule is O=[N+]([O-])c1ccc(C(Cl)c2ccc(F)c(Br)c2)o1. The molecule has 0 bridgehead atoms. The highest BCUT2D eigenvalue weighted by Gasteiger charge is 2.20. The summed E-state index contributed by atoms with van der Waals surface area (Å²) < 4.78 is 18.3. The number of halogens is 3. The molecule has 0 saturated heterocycles. The van der Waals surface area contributed by atoms with Crippen LogP contribution in [0.5, 0.6) is 0 Å². The lowest BCUT2D eigenvalue weighted by Gasteiger charge is -2.07. The summed E-state index contributed by atoms with van der Waals surface area (Å²) in [5.74, 6) is -0.549. The summed E-state index contributed by atoms with van der Waals surface area (Å²) in [5, 5.41) is 9.77. The van der Waals surface area contributed by atoms with Crippen molar-refractivity contribution in [3.8, 4) is 0 Å². The van der Waals surface area contributed by atoms with Crippen LogP contribution in [0.15, 0.2) is 39.2 Å². The maximum absolute atomic E-state index is 13.1. The van der Waals surface area contributed by atoms with E-state index < -0.39 is 16.1 Å². The Bertz CT molecular complexity index is 602. The van der Waals surface area contributed by atoms with E-state index in [1.165, 1.54) is 30.3 Å². The molecule has 1 unspecified atom stereocenters. The largest absolute Gasteiger partial charge is 0.433 e. The van der Waals surface area contributed by atoms with Gasteiger partial charge in [0.25, 0.3) is 0 Å². The molecule has 4 nitrogen and oxygen atoms in total. The molecule has 2 rings (SSSR count). The minimum Gasteiger partial charge on any atom is -0.404 e. The quantitative estimate of drug-likeness (QED) is 0.474. The maximum Gasteiger partial charge on any atom is 0.433 e. The van der Waals surface area contributed by atoms with Crippen LogP contribution in [-0.2, 0) is 0 Å². The third kappa shape index (κ3) is 2.54. The average molecular weight is 335 g/mol. The Balaban J connectivity index is 2.31. The molecule has 0 spiro atoms. The number of hydrogen-bond donors (Lipinski definition) is 0. The molecule has 0 saturated carbocycles. The first-order valence-corrected chi connectivity index (χ1v) is 6.05. The zero-order valence-corrected chi connectivity index (χ0v) is 11.1. The molecule has 0 radical (unpaired) electrons. The van der Waals surface area contributed by atoms with E-state index in [0.29, 0.717) is 5.56 Å². The fourth-order valence-electron chi connectivity index (χ4n) is 1.41. The van der Waals surface area contributed by atoms with E-state index in [4.69, 9.17) is 16.0 Å². The summed E-state index contributed by atoms with van der Waals surface area (Å²) in [6, 6.07) is 6.90. The van der Waals surface area contributed by atoms with E-state index in [-0.39, 0.29) is 16.1 Å². The summed E-state index contributed by atoms with van der Waals surface area (Å²) in [5.41, 5.74) is 0.578. The van der Waals surface area contributed by atoms with Crippen molar-refractivity contribution in [3.63, 3.8) is 0 Å². The highest BCUT2D eigenvalue weighted by atomic mass is 79.9. The van der Waals surface area contributed by atoms with Gasteiger partial charge in [-0.1, -0.05) is 6.07 Å². The minimum absolute atomic E-state index is 0.238. The van der Waals surface area contributed by atoms with Gasteiger partial charge in [-0.3, -0.25) is 10.1 Å². The van der Waals surface area contributed by atoms with Crippen LogP contribution in [0.2, 0.25) is 0 Å². The lowest BCUT2D eigenvalue weighted by atomic mass is 10.1. The Hall–Kier alpha value is -1.40. The monoisotopic (exact) mass is 333 g/mol. The number of alkyl halides is 1. The van der Waals surface area contributed by atoms with Crippen molar-refractivity contribution in [3.05, 3.63) is 62.1 Å². The minimum atomic E-state index is -0.712. The van der Waals surface area contributed by atoms with Crippen LogP contribution < -0.4 is 0 Å². The van der Waals surface area contributed by atoms with Crippen molar-refractivity contribution in [1.82, 2.24) is 0 Å². The molecule has 0 aliphatic rings. The van der Waals surface area contributed by atoms with Gasteiger partial charge in [0, 0.05) is 0 Å². The van der Waals surface area contributed by atoms with Crippen molar-refractivity contribution in [1.29, 1.82) is 0 Å². The van der Waals surface area contributed by atoms with E-state index >= 15 is 0 Å². The molecule has 1 heterocycles. The number of benzene rings is 1. The predicted molar refractivity (Wildman–Crippen MR) is 67.2 cm³/mol. The summed E-state index contributed by atoms with van der Waals surface area (Å²) >= 11 is 9.16. The van der Waals surface area contributed by atoms with Crippen LogP contribution in [0, 0.1) is 15.9 Å². The number of nitro groups is 1. The van der Waals surface area contributed by atoms with Crippen LogP contribution in [0.25, 0.3) is 0 Å². The first kappa shape index (κ1) is 13.0. The van der Waals surface area contributed by atoms with Gasteiger partial charge in [-0.25, -0.2) is 4.39 Å². The van der Waals surface area contributed by atoms with Crippen LogP contribution in [0.4, 0.5) is 10.3 Å². The van der Waals surface area contributed by atoms with Gasteiger partial charge in [0.05, 0.1) is 10.5 Å². The van der Waals surface area contributed by atoms with Crippen molar-refractivity contribution >= 4 is 33.4 Å². The van der Waals surface area contributed by atoms with E-state index in [1.807, 2.05) is 0 Å². The second-order valence-corrected chi connectivity index (χ2v) is 4.76. The van der Waals surface area contributed by atoms with Gasteiger partial charge < -0.3 is 4.42 Å². The molecule has 1 atom stereocenters. The number of rotatable bonds is 3. The molecule has 0 amide bonds. The Labute approximate surface area is 115 Å².